The first-order chi connectivity index (χ1) is 9.70. The summed E-state index contributed by atoms with van der Waals surface area (Å²) in [6.07, 6.45) is 6.72. The van der Waals surface area contributed by atoms with Crippen LogP contribution in [0.2, 0.25) is 0 Å². The second kappa shape index (κ2) is 5.53. The molecule has 0 unspecified atom stereocenters. The van der Waals surface area contributed by atoms with E-state index in [1.807, 2.05) is 6.07 Å². The Morgan fingerprint density at radius 3 is 2.70 bits per heavy atom. The van der Waals surface area contributed by atoms with Gasteiger partial charge in [-0.2, -0.15) is 0 Å². The number of nitrogens with one attached hydrogen (secondary N) is 3. The lowest BCUT2D eigenvalue weighted by Crippen LogP contribution is -2.18. The number of aromatic amines is 2. The molecule has 3 N–H and O–H groups in total. The van der Waals surface area contributed by atoms with Crippen molar-refractivity contribution in [3.63, 3.8) is 0 Å². The molecule has 1 aliphatic carbocycles. The molecule has 0 spiro atoms. The van der Waals surface area contributed by atoms with Gasteiger partial charge in [0.05, 0.1) is 11.0 Å². The first-order valence-corrected chi connectivity index (χ1v) is 7.22. The molecule has 1 saturated carbocycles. The van der Waals surface area contributed by atoms with E-state index in [0.29, 0.717) is 17.9 Å². The van der Waals surface area contributed by atoms with E-state index in [1.165, 1.54) is 19.3 Å². The molecule has 1 amide bonds. The largest absolute Gasteiger partial charge is 0.326 e. The molecule has 0 saturated heterocycles. The topological polar surface area (TPSA) is 77.8 Å². The van der Waals surface area contributed by atoms with Gasteiger partial charge in [-0.25, -0.2) is 4.79 Å². The number of rotatable bonds is 3. The van der Waals surface area contributed by atoms with E-state index in [1.54, 1.807) is 12.1 Å². The minimum atomic E-state index is -0.231. The van der Waals surface area contributed by atoms with E-state index in [2.05, 4.69) is 15.3 Å². The SMILES string of the molecule is O=C(CC1CCCCC1)Nc1ccc2[nH]c(=O)[nH]c2c1. The van der Waals surface area contributed by atoms with Gasteiger partial charge in [-0.1, -0.05) is 19.3 Å². The Kier molecular flexibility index (Phi) is 3.58. The van der Waals surface area contributed by atoms with Crippen LogP contribution in [0.3, 0.4) is 0 Å². The number of imidazole rings is 1. The van der Waals surface area contributed by atoms with Crippen LogP contribution < -0.4 is 11.0 Å². The fourth-order valence-corrected chi connectivity index (χ4v) is 2.98. The highest BCUT2D eigenvalue weighted by molar-refractivity contribution is 5.93. The summed E-state index contributed by atoms with van der Waals surface area (Å²) >= 11 is 0. The summed E-state index contributed by atoms with van der Waals surface area (Å²) in [4.78, 5) is 28.6. The summed E-state index contributed by atoms with van der Waals surface area (Å²) in [5, 5.41) is 2.92. The van der Waals surface area contributed by atoms with Gasteiger partial charge in [0.2, 0.25) is 5.91 Å². The fourth-order valence-electron chi connectivity index (χ4n) is 2.98. The predicted molar refractivity (Wildman–Crippen MR) is 78.7 cm³/mol. The van der Waals surface area contributed by atoms with Crippen molar-refractivity contribution in [2.45, 2.75) is 38.5 Å². The highest BCUT2D eigenvalue weighted by atomic mass is 16.1. The Hall–Kier alpha value is -2.04. The van der Waals surface area contributed by atoms with Crippen molar-refractivity contribution >= 4 is 22.6 Å². The number of hydrogen-bond acceptors (Lipinski definition) is 2. The van der Waals surface area contributed by atoms with E-state index in [0.717, 1.165) is 24.0 Å². The maximum Gasteiger partial charge on any atom is 0.323 e. The normalized spacial score (nSPS) is 16.4. The van der Waals surface area contributed by atoms with Crippen molar-refractivity contribution < 1.29 is 4.79 Å². The van der Waals surface area contributed by atoms with Gasteiger partial charge >= 0.3 is 5.69 Å². The minimum absolute atomic E-state index is 0.0640. The maximum atomic E-state index is 12.0. The second-order valence-electron chi connectivity index (χ2n) is 5.60. The van der Waals surface area contributed by atoms with Crippen LogP contribution in [0.1, 0.15) is 38.5 Å². The lowest BCUT2D eigenvalue weighted by Gasteiger charge is -2.20. The van der Waals surface area contributed by atoms with Crippen LogP contribution in [-0.2, 0) is 4.79 Å². The molecular weight excluding hydrogens is 254 g/mol. The number of hydrogen-bond donors (Lipinski definition) is 3. The molecule has 0 radical (unpaired) electrons. The molecule has 1 fully saturated rings. The predicted octanol–water partition coefficient (Wildman–Crippen LogP) is 2.77. The third-order valence-electron chi connectivity index (χ3n) is 4.00. The van der Waals surface area contributed by atoms with Crippen LogP contribution in [0.5, 0.6) is 0 Å². The minimum Gasteiger partial charge on any atom is -0.326 e. The molecule has 2 aromatic rings. The summed E-state index contributed by atoms with van der Waals surface area (Å²) in [6, 6.07) is 5.39. The smallest absolute Gasteiger partial charge is 0.323 e. The average molecular weight is 273 g/mol. The number of aromatic nitrogens is 2. The third kappa shape index (κ3) is 2.92. The summed E-state index contributed by atoms with van der Waals surface area (Å²) in [7, 11) is 0. The fraction of sp³-hybridized carbons (Fsp3) is 0.467. The third-order valence-corrected chi connectivity index (χ3v) is 4.00. The molecule has 0 aliphatic heterocycles. The van der Waals surface area contributed by atoms with Crippen molar-refractivity contribution in [3.05, 3.63) is 28.7 Å². The quantitative estimate of drug-likeness (QED) is 0.804. The Morgan fingerprint density at radius 2 is 1.90 bits per heavy atom. The van der Waals surface area contributed by atoms with Crippen molar-refractivity contribution in [3.8, 4) is 0 Å². The molecule has 20 heavy (non-hydrogen) atoms. The molecular formula is C15H19N3O2. The molecule has 1 aromatic heterocycles. The maximum absolute atomic E-state index is 12.0. The molecule has 0 atom stereocenters. The Bertz CT molecular complexity index is 665. The zero-order valence-corrected chi connectivity index (χ0v) is 11.4. The van der Waals surface area contributed by atoms with E-state index in [-0.39, 0.29) is 11.6 Å². The lowest BCUT2D eigenvalue weighted by atomic mass is 9.87. The summed E-state index contributed by atoms with van der Waals surface area (Å²) < 4.78 is 0. The van der Waals surface area contributed by atoms with Crippen molar-refractivity contribution in [1.82, 2.24) is 9.97 Å². The molecule has 5 heteroatoms. The standard InChI is InChI=1S/C15H19N3O2/c19-14(8-10-4-2-1-3-5-10)16-11-6-7-12-13(9-11)18-15(20)17-12/h6-7,9-10H,1-5,8H2,(H,16,19)(H2,17,18,20). The zero-order valence-electron chi connectivity index (χ0n) is 11.4. The molecule has 1 aromatic carbocycles. The van der Waals surface area contributed by atoms with Gasteiger partial charge in [-0.15, -0.1) is 0 Å². The number of H-pyrrole nitrogens is 2. The van der Waals surface area contributed by atoms with Crippen LogP contribution >= 0.6 is 0 Å². The van der Waals surface area contributed by atoms with E-state index in [4.69, 9.17) is 0 Å². The summed E-state index contributed by atoms with van der Waals surface area (Å²) in [6.45, 7) is 0. The van der Waals surface area contributed by atoms with Crippen LogP contribution in [0.15, 0.2) is 23.0 Å². The molecule has 5 nitrogen and oxygen atoms in total. The Morgan fingerprint density at radius 1 is 1.15 bits per heavy atom. The second-order valence-corrected chi connectivity index (χ2v) is 5.60. The Labute approximate surface area is 116 Å². The average Bonchev–Trinajstić information content (AvgIpc) is 2.79. The van der Waals surface area contributed by atoms with E-state index < -0.39 is 0 Å². The molecule has 0 bridgehead atoms. The van der Waals surface area contributed by atoms with Crippen LogP contribution in [0, 0.1) is 5.92 Å². The number of carbonyl (C=O) groups is 1. The highest BCUT2D eigenvalue weighted by Crippen LogP contribution is 2.26. The number of anilines is 1. The summed E-state index contributed by atoms with van der Waals surface area (Å²) in [5.41, 5.74) is 1.96. The van der Waals surface area contributed by atoms with Gasteiger partial charge in [0.25, 0.3) is 0 Å². The lowest BCUT2D eigenvalue weighted by molar-refractivity contribution is -0.117. The summed E-state index contributed by atoms with van der Waals surface area (Å²) in [5.74, 6) is 0.591. The van der Waals surface area contributed by atoms with Crippen LogP contribution in [-0.4, -0.2) is 15.9 Å². The van der Waals surface area contributed by atoms with Crippen LogP contribution in [0.4, 0.5) is 5.69 Å². The van der Waals surface area contributed by atoms with Gasteiger partial charge in [0.15, 0.2) is 0 Å². The van der Waals surface area contributed by atoms with Gasteiger partial charge < -0.3 is 15.3 Å². The van der Waals surface area contributed by atoms with E-state index >= 15 is 0 Å². The molecule has 3 rings (SSSR count). The number of benzene rings is 1. The van der Waals surface area contributed by atoms with Gasteiger partial charge in [-0.05, 0) is 37.0 Å². The highest BCUT2D eigenvalue weighted by Gasteiger charge is 2.17. The molecule has 1 heterocycles. The van der Waals surface area contributed by atoms with Crippen LogP contribution in [0.25, 0.3) is 11.0 Å². The Balaban J connectivity index is 1.65. The van der Waals surface area contributed by atoms with Crippen molar-refractivity contribution in [2.24, 2.45) is 5.92 Å². The van der Waals surface area contributed by atoms with Gasteiger partial charge in [-0.3, -0.25) is 4.79 Å². The number of amides is 1. The molecule has 1 aliphatic rings. The number of carbonyl (C=O) groups excluding carboxylic acids is 1. The number of fused-ring (bicyclic) bond motifs is 1. The van der Waals surface area contributed by atoms with Gasteiger partial charge in [0.1, 0.15) is 0 Å². The first kappa shape index (κ1) is 13.0. The zero-order chi connectivity index (χ0) is 13.9. The van der Waals surface area contributed by atoms with E-state index in [9.17, 15) is 9.59 Å². The van der Waals surface area contributed by atoms with Crippen molar-refractivity contribution in [1.29, 1.82) is 0 Å². The van der Waals surface area contributed by atoms with Gasteiger partial charge in [0, 0.05) is 12.1 Å². The first-order valence-electron chi connectivity index (χ1n) is 7.22. The molecule has 106 valence electrons. The monoisotopic (exact) mass is 273 g/mol. The van der Waals surface area contributed by atoms with Crippen molar-refractivity contribution in [2.75, 3.05) is 5.32 Å².